The number of carbonyl (C=O) groups excluding carboxylic acids is 1. The van der Waals surface area contributed by atoms with Crippen molar-refractivity contribution in [1.82, 2.24) is 9.80 Å². The van der Waals surface area contributed by atoms with Gasteiger partial charge in [0.15, 0.2) is 0 Å². The van der Waals surface area contributed by atoms with E-state index in [0.29, 0.717) is 6.61 Å². The topological polar surface area (TPSA) is 32.8 Å². The van der Waals surface area contributed by atoms with E-state index in [-0.39, 0.29) is 6.09 Å². The van der Waals surface area contributed by atoms with Crippen molar-refractivity contribution < 1.29 is 9.53 Å². The molecule has 0 aliphatic carbocycles. The molecule has 0 bridgehead atoms. The Kier molecular flexibility index (Phi) is 3.69. The minimum atomic E-state index is -0.141. The summed E-state index contributed by atoms with van der Waals surface area (Å²) in [5, 5.41) is 0. The molecule has 1 amide bonds. The lowest BCUT2D eigenvalue weighted by atomic mass is 9.92. The summed E-state index contributed by atoms with van der Waals surface area (Å²) in [5.41, 5.74) is 0. The predicted molar refractivity (Wildman–Crippen MR) is 62.3 cm³/mol. The Morgan fingerprint density at radius 1 is 1.25 bits per heavy atom. The van der Waals surface area contributed by atoms with Crippen LogP contribution >= 0.6 is 0 Å². The van der Waals surface area contributed by atoms with Crippen molar-refractivity contribution in [2.24, 2.45) is 11.8 Å². The van der Waals surface area contributed by atoms with Gasteiger partial charge in [0.25, 0.3) is 0 Å². The first kappa shape index (κ1) is 11.7. The fraction of sp³-hybridized carbons (Fsp3) is 0.917. The molecule has 2 saturated heterocycles. The molecule has 4 nitrogen and oxygen atoms in total. The standard InChI is InChI=1S/C12H22N2O2/c1-10-7-11(2)9-13(8-10)3-4-14-5-6-16-12(14)15/h10-11H,3-9H2,1-2H3/t10-,11-/m0/s1. The molecule has 4 heteroatoms. The fourth-order valence-corrected chi connectivity index (χ4v) is 2.87. The first-order valence-electron chi connectivity index (χ1n) is 6.29. The summed E-state index contributed by atoms with van der Waals surface area (Å²) in [6.07, 6.45) is 1.19. The monoisotopic (exact) mass is 226 g/mol. The van der Waals surface area contributed by atoms with E-state index in [0.717, 1.165) is 31.5 Å². The summed E-state index contributed by atoms with van der Waals surface area (Å²) < 4.78 is 4.92. The van der Waals surface area contributed by atoms with Gasteiger partial charge in [-0.2, -0.15) is 0 Å². The van der Waals surface area contributed by atoms with Gasteiger partial charge in [0.05, 0.1) is 6.54 Å². The number of hydrogen-bond acceptors (Lipinski definition) is 3. The van der Waals surface area contributed by atoms with Crippen molar-refractivity contribution >= 4 is 6.09 Å². The maximum Gasteiger partial charge on any atom is 0.409 e. The van der Waals surface area contributed by atoms with E-state index in [4.69, 9.17) is 4.74 Å². The Morgan fingerprint density at radius 2 is 1.94 bits per heavy atom. The third-order valence-corrected chi connectivity index (χ3v) is 3.48. The second-order valence-corrected chi connectivity index (χ2v) is 5.31. The molecule has 0 saturated carbocycles. The summed E-state index contributed by atoms with van der Waals surface area (Å²) in [4.78, 5) is 15.5. The van der Waals surface area contributed by atoms with E-state index in [1.54, 1.807) is 0 Å². The summed E-state index contributed by atoms with van der Waals surface area (Å²) in [7, 11) is 0. The van der Waals surface area contributed by atoms with Gasteiger partial charge in [-0.05, 0) is 18.3 Å². The first-order valence-corrected chi connectivity index (χ1v) is 6.29. The highest BCUT2D eigenvalue weighted by atomic mass is 16.6. The SMILES string of the molecule is C[C@H]1C[C@H](C)CN(CCN2CCOC2=O)C1. The van der Waals surface area contributed by atoms with Crippen molar-refractivity contribution in [3.8, 4) is 0 Å². The summed E-state index contributed by atoms with van der Waals surface area (Å²) in [6, 6.07) is 0. The van der Waals surface area contributed by atoms with Crippen molar-refractivity contribution in [3.63, 3.8) is 0 Å². The van der Waals surface area contributed by atoms with E-state index in [2.05, 4.69) is 18.7 Å². The summed E-state index contributed by atoms with van der Waals surface area (Å²) in [6.45, 7) is 10.1. The Balaban J connectivity index is 1.74. The van der Waals surface area contributed by atoms with Gasteiger partial charge in [-0.1, -0.05) is 13.8 Å². The fourth-order valence-electron chi connectivity index (χ4n) is 2.87. The van der Waals surface area contributed by atoms with Crippen LogP contribution in [0.3, 0.4) is 0 Å². The summed E-state index contributed by atoms with van der Waals surface area (Å²) >= 11 is 0. The van der Waals surface area contributed by atoms with E-state index in [1.165, 1.54) is 19.5 Å². The second kappa shape index (κ2) is 5.04. The van der Waals surface area contributed by atoms with Gasteiger partial charge < -0.3 is 14.5 Å². The molecular formula is C12H22N2O2. The zero-order chi connectivity index (χ0) is 11.5. The van der Waals surface area contributed by atoms with Crippen LogP contribution in [0.5, 0.6) is 0 Å². The van der Waals surface area contributed by atoms with Gasteiger partial charge in [-0.15, -0.1) is 0 Å². The molecule has 0 unspecified atom stereocenters. The highest BCUT2D eigenvalue weighted by Crippen LogP contribution is 2.20. The summed E-state index contributed by atoms with van der Waals surface area (Å²) in [5.74, 6) is 1.57. The molecule has 2 atom stereocenters. The average molecular weight is 226 g/mol. The quantitative estimate of drug-likeness (QED) is 0.729. The van der Waals surface area contributed by atoms with Gasteiger partial charge in [0.1, 0.15) is 6.61 Å². The van der Waals surface area contributed by atoms with E-state index in [9.17, 15) is 4.79 Å². The Morgan fingerprint density at radius 3 is 2.50 bits per heavy atom. The molecule has 2 aliphatic rings. The molecule has 0 spiro atoms. The molecular weight excluding hydrogens is 204 g/mol. The van der Waals surface area contributed by atoms with Gasteiger partial charge in [0, 0.05) is 26.2 Å². The van der Waals surface area contributed by atoms with Gasteiger partial charge in [-0.25, -0.2) is 4.79 Å². The van der Waals surface area contributed by atoms with E-state index in [1.807, 2.05) is 4.90 Å². The number of piperidine rings is 1. The molecule has 0 radical (unpaired) electrons. The van der Waals surface area contributed by atoms with Crippen LogP contribution in [0.2, 0.25) is 0 Å². The van der Waals surface area contributed by atoms with Crippen molar-refractivity contribution in [1.29, 1.82) is 0 Å². The molecule has 0 aromatic heterocycles. The predicted octanol–water partition coefficient (Wildman–Crippen LogP) is 1.42. The van der Waals surface area contributed by atoms with E-state index < -0.39 is 0 Å². The minimum Gasteiger partial charge on any atom is -0.448 e. The van der Waals surface area contributed by atoms with Crippen LogP contribution in [0, 0.1) is 11.8 Å². The third kappa shape index (κ3) is 2.88. The number of nitrogens with zero attached hydrogens (tertiary/aromatic N) is 2. The van der Waals surface area contributed by atoms with Crippen LogP contribution in [-0.4, -0.2) is 55.2 Å². The minimum absolute atomic E-state index is 0.141. The number of likely N-dealkylation sites (tertiary alicyclic amines) is 1. The number of cyclic esters (lactones) is 1. The first-order chi connectivity index (χ1) is 7.65. The van der Waals surface area contributed by atoms with Crippen molar-refractivity contribution in [2.45, 2.75) is 20.3 Å². The molecule has 0 aromatic carbocycles. The molecule has 2 rings (SSSR count). The molecule has 16 heavy (non-hydrogen) atoms. The third-order valence-electron chi connectivity index (χ3n) is 3.48. The highest BCUT2D eigenvalue weighted by Gasteiger charge is 2.25. The number of carbonyl (C=O) groups is 1. The normalized spacial score (nSPS) is 31.9. The van der Waals surface area contributed by atoms with Crippen LogP contribution in [0.25, 0.3) is 0 Å². The zero-order valence-electron chi connectivity index (χ0n) is 10.3. The van der Waals surface area contributed by atoms with Crippen LogP contribution in [0.1, 0.15) is 20.3 Å². The lowest BCUT2D eigenvalue weighted by Gasteiger charge is -2.35. The van der Waals surface area contributed by atoms with Crippen LogP contribution < -0.4 is 0 Å². The lowest BCUT2D eigenvalue weighted by Crippen LogP contribution is -2.43. The maximum absolute atomic E-state index is 11.3. The van der Waals surface area contributed by atoms with Crippen LogP contribution in [0.4, 0.5) is 4.79 Å². The van der Waals surface area contributed by atoms with Gasteiger partial charge in [-0.3, -0.25) is 0 Å². The largest absolute Gasteiger partial charge is 0.448 e. The average Bonchev–Trinajstić information content (AvgIpc) is 2.59. The number of ether oxygens (including phenoxy) is 1. The lowest BCUT2D eigenvalue weighted by molar-refractivity contribution is 0.124. The van der Waals surface area contributed by atoms with Crippen LogP contribution in [0.15, 0.2) is 0 Å². The zero-order valence-corrected chi connectivity index (χ0v) is 10.3. The molecule has 2 heterocycles. The molecule has 2 fully saturated rings. The maximum atomic E-state index is 11.3. The Hall–Kier alpha value is -0.770. The second-order valence-electron chi connectivity index (χ2n) is 5.31. The van der Waals surface area contributed by atoms with Crippen molar-refractivity contribution in [3.05, 3.63) is 0 Å². The van der Waals surface area contributed by atoms with E-state index >= 15 is 0 Å². The smallest absolute Gasteiger partial charge is 0.409 e. The number of amides is 1. The van der Waals surface area contributed by atoms with Crippen LogP contribution in [-0.2, 0) is 4.74 Å². The molecule has 92 valence electrons. The van der Waals surface area contributed by atoms with Gasteiger partial charge in [0.2, 0.25) is 0 Å². The number of rotatable bonds is 3. The molecule has 0 N–H and O–H groups in total. The Labute approximate surface area is 97.5 Å². The van der Waals surface area contributed by atoms with Crippen molar-refractivity contribution in [2.75, 3.05) is 39.3 Å². The highest BCUT2D eigenvalue weighted by molar-refractivity contribution is 5.69. The molecule has 0 aromatic rings. The van der Waals surface area contributed by atoms with Gasteiger partial charge >= 0.3 is 6.09 Å². The Bertz CT molecular complexity index is 247. The molecule has 2 aliphatic heterocycles. The number of hydrogen-bond donors (Lipinski definition) is 0.